The lowest BCUT2D eigenvalue weighted by Gasteiger charge is -2.26. The maximum atomic E-state index is 13.1. The molecule has 144 valence electrons. The molecule has 1 aliphatic rings. The minimum atomic E-state index is -4.60. The number of aliphatic carboxylic acids is 1. The quantitative estimate of drug-likeness (QED) is 0.874. The first kappa shape index (κ1) is 19.9. The van der Waals surface area contributed by atoms with Crippen molar-refractivity contribution >= 4 is 12.1 Å². The highest BCUT2D eigenvalue weighted by molar-refractivity contribution is 5.81. The third-order valence-corrected chi connectivity index (χ3v) is 3.66. The fourth-order valence-electron chi connectivity index (χ4n) is 2.62. The molecule has 0 bridgehead atoms. The van der Waals surface area contributed by atoms with Gasteiger partial charge in [0.15, 0.2) is 0 Å². The summed E-state index contributed by atoms with van der Waals surface area (Å²) in [7, 11) is 0. The number of amides is 1. The lowest BCUT2D eigenvalue weighted by atomic mass is 10.1. The Morgan fingerprint density at radius 3 is 2.35 bits per heavy atom. The molecule has 0 aliphatic carbocycles. The molecule has 9 heteroatoms. The lowest BCUT2D eigenvalue weighted by molar-refractivity contribution is -0.142. The van der Waals surface area contributed by atoms with E-state index in [1.54, 1.807) is 20.8 Å². The van der Waals surface area contributed by atoms with Crippen LogP contribution in [-0.4, -0.2) is 46.4 Å². The van der Waals surface area contributed by atoms with E-state index in [1.165, 1.54) is 12.1 Å². The summed E-state index contributed by atoms with van der Waals surface area (Å²) in [5, 5.41) is 9.31. The van der Waals surface area contributed by atoms with Gasteiger partial charge in [-0.2, -0.15) is 13.2 Å². The number of nitrogens with zero attached hydrogens (tertiary/aromatic N) is 1. The van der Waals surface area contributed by atoms with Crippen LogP contribution in [0.15, 0.2) is 24.3 Å². The highest BCUT2D eigenvalue weighted by atomic mass is 19.4. The van der Waals surface area contributed by atoms with Crippen LogP contribution in [0.1, 0.15) is 32.8 Å². The highest BCUT2D eigenvalue weighted by Gasteiger charge is 2.43. The average Bonchev–Trinajstić information content (AvgIpc) is 2.89. The number of rotatable bonds is 3. The molecule has 1 aromatic rings. The van der Waals surface area contributed by atoms with E-state index in [0.717, 1.165) is 17.0 Å². The topological polar surface area (TPSA) is 76.1 Å². The van der Waals surface area contributed by atoms with Crippen LogP contribution in [0, 0.1) is 0 Å². The SMILES string of the molecule is CC(C)(C)OC(=O)N1CC(Oc2ccccc2C(F)(F)F)CC1C(=O)O. The summed E-state index contributed by atoms with van der Waals surface area (Å²) in [6.07, 6.45) is -6.49. The summed E-state index contributed by atoms with van der Waals surface area (Å²) in [4.78, 5) is 24.6. The average molecular weight is 375 g/mol. The number of carboxylic acid groups (broad SMARTS) is 1. The van der Waals surface area contributed by atoms with Gasteiger partial charge in [-0.3, -0.25) is 4.90 Å². The predicted octanol–water partition coefficient (Wildman–Crippen LogP) is 3.55. The van der Waals surface area contributed by atoms with Crippen molar-refractivity contribution in [3.8, 4) is 5.75 Å². The van der Waals surface area contributed by atoms with E-state index in [-0.39, 0.29) is 13.0 Å². The van der Waals surface area contributed by atoms with Gasteiger partial charge in [0.2, 0.25) is 0 Å². The second-order valence-corrected chi connectivity index (χ2v) is 6.96. The number of carbonyl (C=O) groups is 2. The molecule has 6 nitrogen and oxygen atoms in total. The van der Waals surface area contributed by atoms with Gasteiger partial charge in [0.25, 0.3) is 0 Å². The minimum Gasteiger partial charge on any atom is -0.488 e. The van der Waals surface area contributed by atoms with E-state index in [2.05, 4.69) is 0 Å². The third kappa shape index (κ3) is 4.80. The maximum absolute atomic E-state index is 13.1. The Hall–Kier alpha value is -2.45. The van der Waals surface area contributed by atoms with Gasteiger partial charge in [-0.05, 0) is 32.9 Å². The number of ether oxygens (including phenoxy) is 2. The van der Waals surface area contributed by atoms with Crippen molar-refractivity contribution in [2.45, 2.75) is 51.1 Å². The van der Waals surface area contributed by atoms with Crippen LogP contribution in [0.25, 0.3) is 0 Å². The standard InChI is InChI=1S/C17H20F3NO5/c1-16(2,3)26-15(24)21-9-10(8-12(21)14(22)23)25-13-7-5-4-6-11(13)17(18,19)20/h4-7,10,12H,8-9H2,1-3H3,(H,22,23). The Morgan fingerprint density at radius 2 is 1.81 bits per heavy atom. The Morgan fingerprint density at radius 1 is 1.19 bits per heavy atom. The number of para-hydroxylation sites is 1. The Kier molecular flexibility index (Phi) is 5.39. The van der Waals surface area contributed by atoms with Crippen LogP contribution in [-0.2, 0) is 15.7 Å². The number of alkyl halides is 3. The lowest BCUT2D eigenvalue weighted by Crippen LogP contribution is -2.43. The first-order valence-corrected chi connectivity index (χ1v) is 7.94. The highest BCUT2D eigenvalue weighted by Crippen LogP contribution is 2.37. The largest absolute Gasteiger partial charge is 0.488 e. The molecule has 1 N–H and O–H groups in total. The molecule has 1 saturated heterocycles. The summed E-state index contributed by atoms with van der Waals surface area (Å²) in [6.45, 7) is 4.71. The second kappa shape index (κ2) is 7.05. The van der Waals surface area contributed by atoms with Crippen molar-refractivity contribution in [1.82, 2.24) is 4.90 Å². The first-order valence-electron chi connectivity index (χ1n) is 7.94. The third-order valence-electron chi connectivity index (χ3n) is 3.66. The summed E-state index contributed by atoms with van der Waals surface area (Å²) in [6, 6.07) is 3.43. The van der Waals surface area contributed by atoms with E-state index < -0.39 is 47.3 Å². The zero-order valence-electron chi connectivity index (χ0n) is 14.5. The molecule has 0 radical (unpaired) electrons. The Balaban J connectivity index is 2.18. The zero-order chi connectivity index (χ0) is 19.7. The Bertz CT molecular complexity index is 684. The summed E-state index contributed by atoms with van der Waals surface area (Å²) >= 11 is 0. The molecule has 0 spiro atoms. The molecule has 2 rings (SSSR count). The molecule has 1 aromatic carbocycles. The molecule has 0 saturated carbocycles. The van der Waals surface area contributed by atoms with Gasteiger partial charge >= 0.3 is 18.2 Å². The van der Waals surface area contributed by atoms with Crippen LogP contribution in [0.4, 0.5) is 18.0 Å². The fourth-order valence-corrected chi connectivity index (χ4v) is 2.62. The predicted molar refractivity (Wildman–Crippen MR) is 84.8 cm³/mol. The van der Waals surface area contributed by atoms with E-state index >= 15 is 0 Å². The molecule has 1 heterocycles. The molecule has 2 unspecified atom stereocenters. The molecular weight excluding hydrogens is 355 g/mol. The first-order chi connectivity index (χ1) is 11.9. The fraction of sp³-hybridized carbons (Fsp3) is 0.529. The number of hydrogen-bond acceptors (Lipinski definition) is 4. The van der Waals surface area contributed by atoms with Gasteiger partial charge in [0.05, 0.1) is 12.1 Å². The van der Waals surface area contributed by atoms with Crippen LogP contribution < -0.4 is 4.74 Å². The molecule has 1 aliphatic heterocycles. The molecular formula is C17H20F3NO5. The summed E-state index contributed by atoms with van der Waals surface area (Å²) in [5.74, 6) is -1.67. The second-order valence-electron chi connectivity index (χ2n) is 6.96. The van der Waals surface area contributed by atoms with Crippen LogP contribution >= 0.6 is 0 Å². The number of carboxylic acids is 1. The molecule has 2 atom stereocenters. The van der Waals surface area contributed by atoms with Crippen LogP contribution in [0.3, 0.4) is 0 Å². The molecule has 26 heavy (non-hydrogen) atoms. The van der Waals surface area contributed by atoms with Gasteiger partial charge in [-0.25, -0.2) is 9.59 Å². The van der Waals surface area contributed by atoms with Crippen LogP contribution in [0.2, 0.25) is 0 Å². The summed E-state index contributed by atoms with van der Waals surface area (Å²) in [5.41, 5.74) is -1.79. The van der Waals surface area contributed by atoms with Crippen molar-refractivity contribution < 1.29 is 37.3 Å². The van der Waals surface area contributed by atoms with E-state index in [9.17, 15) is 27.9 Å². The van der Waals surface area contributed by atoms with Gasteiger partial charge in [-0.15, -0.1) is 0 Å². The number of benzene rings is 1. The monoisotopic (exact) mass is 375 g/mol. The minimum absolute atomic E-state index is 0.138. The maximum Gasteiger partial charge on any atom is 0.419 e. The van der Waals surface area contributed by atoms with Crippen molar-refractivity contribution in [2.24, 2.45) is 0 Å². The van der Waals surface area contributed by atoms with Crippen molar-refractivity contribution in [1.29, 1.82) is 0 Å². The molecule has 1 fully saturated rings. The zero-order valence-corrected chi connectivity index (χ0v) is 14.5. The van der Waals surface area contributed by atoms with Gasteiger partial charge in [-0.1, -0.05) is 12.1 Å². The van der Waals surface area contributed by atoms with Crippen molar-refractivity contribution in [3.63, 3.8) is 0 Å². The number of carbonyl (C=O) groups excluding carboxylic acids is 1. The number of likely N-dealkylation sites (tertiary alicyclic amines) is 1. The van der Waals surface area contributed by atoms with Gasteiger partial charge in [0.1, 0.15) is 23.5 Å². The van der Waals surface area contributed by atoms with E-state index in [0.29, 0.717) is 0 Å². The van der Waals surface area contributed by atoms with Crippen molar-refractivity contribution in [2.75, 3.05) is 6.54 Å². The van der Waals surface area contributed by atoms with E-state index in [4.69, 9.17) is 9.47 Å². The van der Waals surface area contributed by atoms with Gasteiger partial charge in [0, 0.05) is 6.42 Å². The van der Waals surface area contributed by atoms with Crippen LogP contribution in [0.5, 0.6) is 5.75 Å². The smallest absolute Gasteiger partial charge is 0.419 e. The van der Waals surface area contributed by atoms with Crippen molar-refractivity contribution in [3.05, 3.63) is 29.8 Å². The number of hydrogen-bond donors (Lipinski definition) is 1. The summed E-state index contributed by atoms with van der Waals surface area (Å²) < 4.78 is 49.7. The molecule has 0 aromatic heterocycles. The normalized spacial score (nSPS) is 20.8. The van der Waals surface area contributed by atoms with Gasteiger partial charge < -0.3 is 14.6 Å². The Labute approximate surface area is 148 Å². The number of halogens is 3. The van der Waals surface area contributed by atoms with E-state index in [1.807, 2.05) is 0 Å². The molecule has 1 amide bonds.